The summed E-state index contributed by atoms with van der Waals surface area (Å²) >= 11 is 9.17. The number of halogens is 2. The molecule has 2 aromatic rings. The Kier molecular flexibility index (Phi) is 5.15. The lowest BCUT2D eigenvalue weighted by Crippen LogP contribution is -2.26. The minimum absolute atomic E-state index is 0.142. The maximum absolute atomic E-state index is 12.4. The van der Waals surface area contributed by atoms with Crippen LogP contribution in [-0.4, -0.2) is 22.8 Å². The topological polar surface area (TPSA) is 63.5 Å². The quantitative estimate of drug-likeness (QED) is 0.584. The molecular weight excluding hydrogens is 372 g/mol. The molecule has 0 aliphatic carbocycles. The van der Waals surface area contributed by atoms with Gasteiger partial charge in [0.25, 0.3) is 11.6 Å². The van der Waals surface area contributed by atoms with E-state index in [0.717, 1.165) is 5.56 Å². The van der Waals surface area contributed by atoms with E-state index in [1.54, 1.807) is 19.2 Å². The maximum atomic E-state index is 12.4. The van der Waals surface area contributed by atoms with E-state index in [2.05, 4.69) is 15.9 Å². The van der Waals surface area contributed by atoms with Crippen LogP contribution >= 0.6 is 27.5 Å². The number of nitro benzene ring substituents is 1. The van der Waals surface area contributed by atoms with Crippen LogP contribution in [0.5, 0.6) is 0 Å². The van der Waals surface area contributed by atoms with Crippen molar-refractivity contribution in [2.45, 2.75) is 6.54 Å². The maximum Gasteiger partial charge on any atom is 0.284 e. The Hall–Kier alpha value is -1.92. The fraction of sp³-hybridized carbons (Fsp3) is 0.133. The lowest BCUT2D eigenvalue weighted by Gasteiger charge is -2.18. The van der Waals surface area contributed by atoms with E-state index in [4.69, 9.17) is 11.6 Å². The molecule has 0 radical (unpaired) electrons. The highest BCUT2D eigenvalue weighted by molar-refractivity contribution is 9.10. The van der Waals surface area contributed by atoms with Crippen molar-refractivity contribution in [3.05, 3.63) is 73.2 Å². The molecule has 0 atom stereocenters. The van der Waals surface area contributed by atoms with Crippen molar-refractivity contribution in [1.29, 1.82) is 0 Å². The predicted molar refractivity (Wildman–Crippen MR) is 88.0 cm³/mol. The summed E-state index contributed by atoms with van der Waals surface area (Å²) in [5.74, 6) is -0.310. The van der Waals surface area contributed by atoms with Crippen molar-refractivity contribution in [3.63, 3.8) is 0 Å². The molecule has 0 heterocycles. The van der Waals surface area contributed by atoms with Gasteiger partial charge < -0.3 is 4.90 Å². The molecule has 0 saturated heterocycles. The number of carbonyl (C=O) groups is 1. The van der Waals surface area contributed by atoms with Gasteiger partial charge in [0.05, 0.1) is 9.40 Å². The summed E-state index contributed by atoms with van der Waals surface area (Å²) in [5.41, 5.74) is 0.924. The summed E-state index contributed by atoms with van der Waals surface area (Å²) in [4.78, 5) is 24.3. The fourth-order valence-corrected chi connectivity index (χ4v) is 2.55. The first kappa shape index (κ1) is 16.5. The summed E-state index contributed by atoms with van der Waals surface area (Å²) in [6.07, 6.45) is 0. The molecule has 0 unspecified atom stereocenters. The highest BCUT2D eigenvalue weighted by atomic mass is 79.9. The van der Waals surface area contributed by atoms with Crippen molar-refractivity contribution < 1.29 is 9.72 Å². The molecule has 7 heteroatoms. The van der Waals surface area contributed by atoms with E-state index in [9.17, 15) is 14.9 Å². The standard InChI is InChI=1S/C15H12BrClN2O3/c1-18(9-11-4-2-3-5-13(11)17)15(20)10-6-7-12(16)14(8-10)19(21)22/h2-8H,9H2,1H3. The van der Waals surface area contributed by atoms with E-state index in [-0.39, 0.29) is 17.2 Å². The third kappa shape index (κ3) is 3.64. The van der Waals surface area contributed by atoms with Gasteiger partial charge in [-0.25, -0.2) is 0 Å². The molecule has 0 N–H and O–H groups in total. The van der Waals surface area contributed by atoms with Gasteiger partial charge in [-0.2, -0.15) is 0 Å². The van der Waals surface area contributed by atoms with E-state index >= 15 is 0 Å². The molecule has 114 valence electrons. The molecule has 5 nitrogen and oxygen atoms in total. The Labute approximate surface area is 140 Å². The van der Waals surface area contributed by atoms with Crippen LogP contribution in [0, 0.1) is 10.1 Å². The molecule has 0 saturated carbocycles. The highest BCUT2D eigenvalue weighted by Gasteiger charge is 2.18. The number of nitrogens with zero attached hydrogens (tertiary/aromatic N) is 2. The zero-order chi connectivity index (χ0) is 16.3. The number of hydrogen-bond donors (Lipinski definition) is 0. The van der Waals surface area contributed by atoms with Crippen LogP contribution in [0.25, 0.3) is 0 Å². The molecule has 0 aliphatic rings. The molecule has 2 aromatic carbocycles. The van der Waals surface area contributed by atoms with Gasteiger partial charge in [0.1, 0.15) is 0 Å². The van der Waals surface area contributed by atoms with Gasteiger partial charge in [-0.15, -0.1) is 0 Å². The van der Waals surface area contributed by atoms with Crippen LogP contribution in [0.15, 0.2) is 46.9 Å². The van der Waals surface area contributed by atoms with E-state index < -0.39 is 4.92 Å². The van der Waals surface area contributed by atoms with Crippen molar-refractivity contribution in [2.24, 2.45) is 0 Å². The third-order valence-corrected chi connectivity index (χ3v) is 4.14. The molecule has 0 fully saturated rings. The van der Waals surface area contributed by atoms with Crippen LogP contribution in [0.1, 0.15) is 15.9 Å². The Morgan fingerprint density at radius 3 is 2.64 bits per heavy atom. The van der Waals surface area contributed by atoms with Crippen LogP contribution in [0.4, 0.5) is 5.69 Å². The number of nitro groups is 1. The number of benzene rings is 2. The Balaban J connectivity index is 2.23. The third-order valence-electron chi connectivity index (χ3n) is 3.10. The van der Waals surface area contributed by atoms with Gasteiger partial charge in [-0.05, 0) is 39.7 Å². The molecule has 0 aliphatic heterocycles. The van der Waals surface area contributed by atoms with Gasteiger partial charge >= 0.3 is 0 Å². The number of rotatable bonds is 4. The number of amides is 1. The molecule has 0 bridgehead atoms. The Bertz CT molecular complexity index is 736. The number of carbonyl (C=O) groups excluding carboxylic acids is 1. The van der Waals surface area contributed by atoms with E-state index in [0.29, 0.717) is 16.0 Å². The predicted octanol–water partition coefficient (Wildman–Crippen LogP) is 4.28. The molecular formula is C15H12BrClN2O3. The van der Waals surface area contributed by atoms with Gasteiger partial charge in [0.2, 0.25) is 0 Å². The largest absolute Gasteiger partial charge is 0.337 e. The summed E-state index contributed by atoms with van der Waals surface area (Å²) in [6, 6.07) is 11.5. The van der Waals surface area contributed by atoms with Crippen molar-refractivity contribution in [2.75, 3.05) is 7.05 Å². The van der Waals surface area contributed by atoms with E-state index in [1.165, 1.54) is 17.0 Å². The van der Waals surface area contributed by atoms with Gasteiger partial charge in [0.15, 0.2) is 0 Å². The average molecular weight is 384 g/mol. The van der Waals surface area contributed by atoms with Crippen LogP contribution in [-0.2, 0) is 6.54 Å². The lowest BCUT2D eigenvalue weighted by atomic mass is 10.1. The number of hydrogen-bond acceptors (Lipinski definition) is 3. The van der Waals surface area contributed by atoms with Crippen molar-refractivity contribution in [3.8, 4) is 0 Å². The minimum Gasteiger partial charge on any atom is -0.337 e. The Morgan fingerprint density at radius 2 is 2.00 bits per heavy atom. The average Bonchev–Trinajstić information content (AvgIpc) is 2.49. The van der Waals surface area contributed by atoms with Gasteiger partial charge in [0, 0.05) is 30.2 Å². The lowest BCUT2D eigenvalue weighted by molar-refractivity contribution is -0.385. The molecule has 2 rings (SSSR count). The first-order valence-corrected chi connectivity index (χ1v) is 7.50. The second-order valence-electron chi connectivity index (χ2n) is 4.68. The summed E-state index contributed by atoms with van der Waals surface area (Å²) in [6.45, 7) is 0.322. The summed E-state index contributed by atoms with van der Waals surface area (Å²) < 4.78 is 0.336. The highest BCUT2D eigenvalue weighted by Crippen LogP contribution is 2.26. The molecule has 0 spiro atoms. The van der Waals surface area contributed by atoms with E-state index in [1.807, 2.05) is 18.2 Å². The molecule has 22 heavy (non-hydrogen) atoms. The second-order valence-corrected chi connectivity index (χ2v) is 5.94. The van der Waals surface area contributed by atoms with Crippen molar-refractivity contribution >= 4 is 39.1 Å². The van der Waals surface area contributed by atoms with Crippen LogP contribution < -0.4 is 0 Å². The minimum atomic E-state index is -0.533. The molecule has 1 amide bonds. The zero-order valence-electron chi connectivity index (χ0n) is 11.6. The summed E-state index contributed by atoms with van der Waals surface area (Å²) in [5, 5.41) is 11.5. The van der Waals surface area contributed by atoms with Gasteiger partial charge in [-0.3, -0.25) is 14.9 Å². The van der Waals surface area contributed by atoms with Crippen LogP contribution in [0.2, 0.25) is 5.02 Å². The second kappa shape index (κ2) is 6.89. The monoisotopic (exact) mass is 382 g/mol. The van der Waals surface area contributed by atoms with Crippen molar-refractivity contribution in [1.82, 2.24) is 4.90 Å². The first-order chi connectivity index (χ1) is 10.4. The zero-order valence-corrected chi connectivity index (χ0v) is 14.0. The summed E-state index contributed by atoms with van der Waals surface area (Å²) in [7, 11) is 1.62. The van der Waals surface area contributed by atoms with Crippen LogP contribution in [0.3, 0.4) is 0 Å². The first-order valence-electron chi connectivity index (χ1n) is 6.33. The van der Waals surface area contributed by atoms with Gasteiger partial charge in [-0.1, -0.05) is 29.8 Å². The Morgan fingerprint density at radius 1 is 1.32 bits per heavy atom. The molecule has 0 aromatic heterocycles. The smallest absolute Gasteiger partial charge is 0.284 e. The SMILES string of the molecule is CN(Cc1ccccc1Cl)C(=O)c1ccc(Br)c([N+](=O)[O-])c1. The normalized spacial score (nSPS) is 10.3. The fourth-order valence-electron chi connectivity index (χ4n) is 1.96.